The van der Waals surface area contributed by atoms with E-state index in [4.69, 9.17) is 9.47 Å². The van der Waals surface area contributed by atoms with Crippen molar-refractivity contribution in [3.8, 4) is 11.5 Å². The number of nitrogens with one attached hydrogen (secondary N) is 1. The number of ether oxygens (including phenoxy) is 2. The van der Waals surface area contributed by atoms with Crippen LogP contribution in [0.1, 0.15) is 49.3 Å². The number of fused-ring (bicyclic) bond motifs is 1. The number of aromatic nitrogens is 1. The van der Waals surface area contributed by atoms with E-state index in [-0.39, 0.29) is 11.1 Å². The maximum absolute atomic E-state index is 11.7. The third-order valence-electron chi connectivity index (χ3n) is 4.87. The predicted octanol–water partition coefficient (Wildman–Crippen LogP) is 5.25. The van der Waals surface area contributed by atoms with Crippen molar-refractivity contribution in [2.45, 2.75) is 39.7 Å². The van der Waals surface area contributed by atoms with Crippen LogP contribution >= 0.6 is 0 Å². The maximum atomic E-state index is 11.7. The summed E-state index contributed by atoms with van der Waals surface area (Å²) in [6, 6.07) is 13.2. The summed E-state index contributed by atoms with van der Waals surface area (Å²) < 4.78 is 11.0. The van der Waals surface area contributed by atoms with Crippen molar-refractivity contribution in [3.05, 3.63) is 59.3 Å². The summed E-state index contributed by atoms with van der Waals surface area (Å²) >= 11 is 0. The van der Waals surface area contributed by atoms with Crippen LogP contribution in [-0.4, -0.2) is 29.8 Å². The van der Waals surface area contributed by atoms with Gasteiger partial charge in [-0.25, -0.2) is 9.78 Å². The highest BCUT2D eigenvalue weighted by molar-refractivity contribution is 5.99. The molecule has 0 amide bonds. The number of nitrogens with zero attached hydrogens (tertiary/aromatic N) is 1. The zero-order chi connectivity index (χ0) is 21.9. The Morgan fingerprint density at radius 3 is 2.37 bits per heavy atom. The van der Waals surface area contributed by atoms with Gasteiger partial charge >= 0.3 is 5.97 Å². The van der Waals surface area contributed by atoms with Gasteiger partial charge in [-0.2, -0.15) is 0 Å². The van der Waals surface area contributed by atoms with Crippen molar-refractivity contribution in [1.29, 1.82) is 0 Å². The molecule has 3 rings (SSSR count). The molecule has 2 N–H and O–H groups in total. The number of anilines is 1. The van der Waals surface area contributed by atoms with Crippen LogP contribution < -0.4 is 14.8 Å². The number of carbonyl (C=O) groups is 1. The third-order valence-corrected chi connectivity index (χ3v) is 4.87. The van der Waals surface area contributed by atoms with Crippen LogP contribution in [0.4, 0.5) is 5.69 Å². The maximum Gasteiger partial charge on any atom is 0.354 e. The number of benzene rings is 2. The SMILES string of the molecule is CCOc1cc(C(C)(C)C)c2nc(C(=O)O)cc(NCc3ccc(OC)cc3)c2c1. The summed E-state index contributed by atoms with van der Waals surface area (Å²) in [6.07, 6.45) is 0. The number of hydrogen-bond donors (Lipinski definition) is 2. The smallest absolute Gasteiger partial charge is 0.354 e. The standard InChI is InChI=1S/C24H28N2O4/c1-6-30-17-11-18-20(25-14-15-7-9-16(29-5)10-8-15)13-21(23(27)28)26-22(18)19(12-17)24(2,3)4/h7-13H,6,14H2,1-5H3,(H,25,26)(H,27,28). The van der Waals surface area contributed by atoms with E-state index >= 15 is 0 Å². The first-order valence-electron chi connectivity index (χ1n) is 9.95. The largest absolute Gasteiger partial charge is 0.497 e. The molecule has 0 unspecified atom stereocenters. The molecule has 30 heavy (non-hydrogen) atoms. The van der Waals surface area contributed by atoms with Crippen molar-refractivity contribution in [3.63, 3.8) is 0 Å². The molecule has 1 aromatic heterocycles. The number of rotatable bonds is 7. The lowest BCUT2D eigenvalue weighted by Crippen LogP contribution is -2.14. The van der Waals surface area contributed by atoms with E-state index in [1.54, 1.807) is 13.2 Å². The highest BCUT2D eigenvalue weighted by atomic mass is 16.5. The highest BCUT2D eigenvalue weighted by Gasteiger charge is 2.22. The van der Waals surface area contributed by atoms with Crippen LogP contribution in [0, 0.1) is 0 Å². The van der Waals surface area contributed by atoms with E-state index in [0.717, 1.165) is 28.0 Å². The first-order valence-corrected chi connectivity index (χ1v) is 9.95. The molecule has 3 aromatic rings. The molecule has 0 radical (unpaired) electrons. The lowest BCUT2D eigenvalue weighted by molar-refractivity contribution is 0.0691. The average Bonchev–Trinajstić information content (AvgIpc) is 2.71. The van der Waals surface area contributed by atoms with E-state index in [0.29, 0.717) is 24.4 Å². The van der Waals surface area contributed by atoms with E-state index in [9.17, 15) is 9.90 Å². The van der Waals surface area contributed by atoms with Gasteiger partial charge in [0, 0.05) is 17.6 Å². The normalized spacial score (nSPS) is 11.4. The number of aromatic carboxylic acids is 1. The quantitative estimate of drug-likeness (QED) is 0.556. The van der Waals surface area contributed by atoms with Gasteiger partial charge in [-0.1, -0.05) is 32.9 Å². The van der Waals surface area contributed by atoms with E-state index < -0.39 is 5.97 Å². The van der Waals surface area contributed by atoms with Crippen molar-refractivity contribution in [1.82, 2.24) is 4.98 Å². The van der Waals surface area contributed by atoms with Gasteiger partial charge in [0.25, 0.3) is 0 Å². The van der Waals surface area contributed by atoms with Gasteiger partial charge in [-0.05, 0) is 53.8 Å². The molecule has 0 aliphatic rings. The molecule has 0 bridgehead atoms. The van der Waals surface area contributed by atoms with Crippen LogP contribution in [0.3, 0.4) is 0 Å². The molecule has 2 aromatic carbocycles. The summed E-state index contributed by atoms with van der Waals surface area (Å²) in [4.78, 5) is 16.2. The minimum Gasteiger partial charge on any atom is -0.497 e. The second-order valence-corrected chi connectivity index (χ2v) is 8.11. The number of hydrogen-bond acceptors (Lipinski definition) is 5. The number of methoxy groups -OCH3 is 1. The number of carboxylic acids is 1. The highest BCUT2D eigenvalue weighted by Crippen LogP contribution is 2.36. The summed E-state index contributed by atoms with van der Waals surface area (Å²) in [6.45, 7) is 9.26. The Hall–Kier alpha value is -3.28. The van der Waals surface area contributed by atoms with Gasteiger partial charge in [-0.15, -0.1) is 0 Å². The second-order valence-electron chi connectivity index (χ2n) is 8.11. The second kappa shape index (κ2) is 8.61. The summed E-state index contributed by atoms with van der Waals surface area (Å²) in [5.74, 6) is 0.475. The van der Waals surface area contributed by atoms with Crippen molar-refractivity contribution >= 4 is 22.6 Å². The molecular formula is C24H28N2O4. The van der Waals surface area contributed by atoms with E-state index in [1.807, 2.05) is 43.3 Å². The van der Waals surface area contributed by atoms with Crippen molar-refractivity contribution in [2.24, 2.45) is 0 Å². The number of carboxylic acid groups (broad SMARTS) is 1. The van der Waals surface area contributed by atoms with E-state index in [1.165, 1.54) is 0 Å². The van der Waals surface area contributed by atoms with Crippen LogP contribution in [0.25, 0.3) is 10.9 Å². The van der Waals surface area contributed by atoms with Crippen molar-refractivity contribution < 1.29 is 19.4 Å². The van der Waals surface area contributed by atoms with Gasteiger partial charge in [-0.3, -0.25) is 0 Å². The van der Waals surface area contributed by atoms with Crippen molar-refractivity contribution in [2.75, 3.05) is 19.0 Å². The molecule has 0 saturated carbocycles. The van der Waals surface area contributed by atoms with Gasteiger partial charge < -0.3 is 19.9 Å². The summed E-state index contributed by atoms with van der Waals surface area (Å²) in [5.41, 5.74) is 3.15. The molecule has 0 saturated heterocycles. The lowest BCUT2D eigenvalue weighted by atomic mass is 9.85. The summed E-state index contributed by atoms with van der Waals surface area (Å²) in [5, 5.41) is 13.8. The molecule has 1 heterocycles. The van der Waals surface area contributed by atoms with Gasteiger partial charge in [0.2, 0.25) is 0 Å². The fraction of sp³-hybridized carbons (Fsp3) is 0.333. The Morgan fingerprint density at radius 1 is 1.10 bits per heavy atom. The van der Waals surface area contributed by atoms with Gasteiger partial charge in [0.05, 0.1) is 19.2 Å². The zero-order valence-corrected chi connectivity index (χ0v) is 18.1. The summed E-state index contributed by atoms with van der Waals surface area (Å²) in [7, 11) is 1.63. The third kappa shape index (κ3) is 4.64. The van der Waals surface area contributed by atoms with Gasteiger partial charge in [0.15, 0.2) is 5.69 Å². The molecule has 158 valence electrons. The van der Waals surface area contributed by atoms with Crippen LogP contribution in [0.2, 0.25) is 0 Å². The van der Waals surface area contributed by atoms with Gasteiger partial charge in [0.1, 0.15) is 11.5 Å². The first kappa shape index (κ1) is 21.4. The van der Waals surface area contributed by atoms with Crippen LogP contribution in [0.15, 0.2) is 42.5 Å². The Bertz CT molecular complexity index is 1050. The Labute approximate surface area is 176 Å². The fourth-order valence-electron chi connectivity index (χ4n) is 3.32. The molecule has 6 nitrogen and oxygen atoms in total. The molecular weight excluding hydrogens is 380 g/mol. The fourth-order valence-corrected chi connectivity index (χ4v) is 3.32. The molecule has 0 aliphatic carbocycles. The first-order chi connectivity index (χ1) is 14.2. The zero-order valence-electron chi connectivity index (χ0n) is 18.1. The van der Waals surface area contributed by atoms with E-state index in [2.05, 4.69) is 31.1 Å². The monoisotopic (exact) mass is 408 g/mol. The average molecular weight is 408 g/mol. The Kier molecular flexibility index (Phi) is 6.15. The molecule has 0 fully saturated rings. The Morgan fingerprint density at radius 2 is 1.80 bits per heavy atom. The topological polar surface area (TPSA) is 80.7 Å². The van der Waals surface area contributed by atoms with Crippen LogP contribution in [0.5, 0.6) is 11.5 Å². The Balaban J connectivity index is 2.12. The number of pyridine rings is 1. The molecule has 6 heteroatoms. The van der Waals surface area contributed by atoms with Crippen LogP contribution in [-0.2, 0) is 12.0 Å². The molecule has 0 spiro atoms. The minimum absolute atomic E-state index is 0.00870. The molecule has 0 atom stereocenters. The predicted molar refractivity (Wildman–Crippen MR) is 119 cm³/mol. The lowest BCUT2D eigenvalue weighted by Gasteiger charge is -2.23. The minimum atomic E-state index is -1.06. The molecule has 0 aliphatic heterocycles.